The lowest BCUT2D eigenvalue weighted by Gasteiger charge is -2.06. The lowest BCUT2D eigenvalue weighted by molar-refractivity contribution is 0.267. The van der Waals surface area contributed by atoms with E-state index in [1.54, 1.807) is 27.1 Å². The number of aliphatic hydroxyl groups excluding tert-OH is 1. The predicted molar refractivity (Wildman–Crippen MR) is 72.8 cm³/mol. The summed E-state index contributed by atoms with van der Waals surface area (Å²) in [6.07, 6.45) is 3.00. The first kappa shape index (κ1) is 14.5. The molecular weight excluding hydrogens is 282 g/mol. The van der Waals surface area contributed by atoms with Gasteiger partial charge < -0.3 is 5.11 Å². The minimum absolute atomic E-state index is 0.0997. The number of hydrogen-bond acceptors (Lipinski definition) is 5. The second kappa shape index (κ2) is 5.25. The molecule has 9 heteroatoms. The number of aromatic nitrogens is 4. The summed E-state index contributed by atoms with van der Waals surface area (Å²) in [5, 5.41) is 17.0. The summed E-state index contributed by atoms with van der Waals surface area (Å²) in [5.41, 5.74) is 1.28. The Morgan fingerprint density at radius 1 is 1.40 bits per heavy atom. The molecule has 0 fully saturated rings. The summed E-state index contributed by atoms with van der Waals surface area (Å²) in [6.45, 7) is 3.44. The third kappa shape index (κ3) is 2.68. The highest BCUT2D eigenvalue weighted by atomic mass is 32.2. The highest BCUT2D eigenvalue weighted by Crippen LogP contribution is 2.22. The van der Waals surface area contributed by atoms with Gasteiger partial charge in [-0.25, -0.2) is 8.42 Å². The van der Waals surface area contributed by atoms with Gasteiger partial charge in [0, 0.05) is 13.2 Å². The molecule has 2 N–H and O–H groups in total. The molecule has 2 heterocycles. The zero-order chi connectivity index (χ0) is 14.9. The average Bonchev–Trinajstić information content (AvgIpc) is 2.84. The maximum Gasteiger partial charge on any atom is 0.265 e. The number of anilines is 1. The number of sulfonamides is 1. The van der Waals surface area contributed by atoms with E-state index in [0.29, 0.717) is 17.1 Å². The van der Waals surface area contributed by atoms with Crippen molar-refractivity contribution in [3.05, 3.63) is 23.8 Å². The minimum atomic E-state index is -3.73. The smallest absolute Gasteiger partial charge is 0.265 e. The fraction of sp³-hybridized carbons (Fsp3) is 0.455. The maximum absolute atomic E-state index is 12.4. The Morgan fingerprint density at radius 2 is 2.10 bits per heavy atom. The van der Waals surface area contributed by atoms with E-state index in [0.717, 1.165) is 0 Å². The second-order valence-corrected chi connectivity index (χ2v) is 6.07. The lowest BCUT2D eigenvalue weighted by atomic mass is 10.4. The molecule has 20 heavy (non-hydrogen) atoms. The third-order valence-corrected chi connectivity index (χ3v) is 4.49. The number of aliphatic hydroxyl groups is 1. The Balaban J connectivity index is 2.39. The molecule has 110 valence electrons. The van der Waals surface area contributed by atoms with Gasteiger partial charge in [0.1, 0.15) is 4.90 Å². The average molecular weight is 299 g/mol. The van der Waals surface area contributed by atoms with Crippen LogP contribution in [0.1, 0.15) is 11.4 Å². The molecule has 0 atom stereocenters. The largest absolute Gasteiger partial charge is 0.394 e. The standard InChI is InChI=1S/C11H17N5O3S/c1-8-11(9(2)16(13-8)4-5-17)20(18,19)14-10-6-12-15(3)7-10/h6-7,14,17H,4-5H2,1-3H3. The maximum atomic E-state index is 12.4. The van der Waals surface area contributed by atoms with Crippen LogP contribution in [0.25, 0.3) is 0 Å². The normalized spacial score (nSPS) is 11.8. The third-order valence-electron chi connectivity index (χ3n) is 2.85. The van der Waals surface area contributed by atoms with Crippen LogP contribution < -0.4 is 4.72 Å². The number of rotatable bonds is 5. The van der Waals surface area contributed by atoms with Crippen molar-refractivity contribution in [3.63, 3.8) is 0 Å². The van der Waals surface area contributed by atoms with Crippen molar-refractivity contribution in [1.29, 1.82) is 0 Å². The van der Waals surface area contributed by atoms with E-state index in [-0.39, 0.29) is 18.0 Å². The molecule has 8 nitrogen and oxygen atoms in total. The monoisotopic (exact) mass is 299 g/mol. The van der Waals surface area contributed by atoms with Crippen LogP contribution in [-0.2, 0) is 23.6 Å². The van der Waals surface area contributed by atoms with E-state index < -0.39 is 10.0 Å². The van der Waals surface area contributed by atoms with E-state index in [1.807, 2.05) is 0 Å². The summed E-state index contributed by atoms with van der Waals surface area (Å²) in [6, 6.07) is 0. The lowest BCUT2D eigenvalue weighted by Crippen LogP contribution is -2.15. The topological polar surface area (TPSA) is 102 Å². The summed E-state index contributed by atoms with van der Waals surface area (Å²) < 4.78 is 30.3. The molecule has 0 bridgehead atoms. The van der Waals surface area contributed by atoms with Crippen LogP contribution in [0.15, 0.2) is 17.3 Å². The number of aryl methyl sites for hydroxylation is 2. The molecule has 0 spiro atoms. The molecule has 2 aromatic rings. The first-order valence-corrected chi connectivity index (χ1v) is 7.50. The van der Waals surface area contributed by atoms with Crippen molar-refractivity contribution < 1.29 is 13.5 Å². The van der Waals surface area contributed by atoms with Crippen molar-refractivity contribution >= 4 is 15.7 Å². The van der Waals surface area contributed by atoms with Crippen LogP contribution >= 0.6 is 0 Å². The van der Waals surface area contributed by atoms with Crippen LogP contribution in [0.2, 0.25) is 0 Å². The Labute approximate surface area is 117 Å². The van der Waals surface area contributed by atoms with Crippen molar-refractivity contribution in [2.24, 2.45) is 7.05 Å². The van der Waals surface area contributed by atoms with E-state index >= 15 is 0 Å². The van der Waals surface area contributed by atoms with Gasteiger partial charge in [-0.15, -0.1) is 0 Å². The molecule has 0 unspecified atom stereocenters. The van der Waals surface area contributed by atoms with Gasteiger partial charge in [-0.3, -0.25) is 14.1 Å². The Morgan fingerprint density at radius 3 is 2.65 bits per heavy atom. The first-order valence-electron chi connectivity index (χ1n) is 6.01. The molecule has 0 radical (unpaired) electrons. The van der Waals surface area contributed by atoms with Gasteiger partial charge in [0.15, 0.2) is 0 Å². The summed E-state index contributed by atoms with van der Waals surface area (Å²) >= 11 is 0. The van der Waals surface area contributed by atoms with Gasteiger partial charge in [-0.2, -0.15) is 10.2 Å². The molecule has 0 amide bonds. The van der Waals surface area contributed by atoms with Crippen LogP contribution in [0, 0.1) is 13.8 Å². The van der Waals surface area contributed by atoms with Gasteiger partial charge >= 0.3 is 0 Å². The van der Waals surface area contributed by atoms with Crippen LogP contribution in [-0.4, -0.2) is 39.7 Å². The van der Waals surface area contributed by atoms with E-state index in [2.05, 4.69) is 14.9 Å². The number of nitrogens with one attached hydrogen (secondary N) is 1. The van der Waals surface area contributed by atoms with E-state index in [1.165, 1.54) is 15.6 Å². The van der Waals surface area contributed by atoms with Gasteiger partial charge in [0.25, 0.3) is 10.0 Å². The number of hydrogen-bond donors (Lipinski definition) is 2. The predicted octanol–water partition coefficient (Wildman–Crippen LogP) is 0.0265. The molecule has 0 aliphatic carbocycles. The molecule has 0 saturated heterocycles. The van der Waals surface area contributed by atoms with E-state index in [4.69, 9.17) is 5.11 Å². The van der Waals surface area contributed by atoms with Crippen LogP contribution in [0.3, 0.4) is 0 Å². The van der Waals surface area contributed by atoms with Gasteiger partial charge in [0.2, 0.25) is 0 Å². The molecule has 2 aromatic heterocycles. The number of nitrogens with zero attached hydrogens (tertiary/aromatic N) is 4. The van der Waals surface area contributed by atoms with Crippen molar-refractivity contribution in [2.75, 3.05) is 11.3 Å². The zero-order valence-corrected chi connectivity index (χ0v) is 12.3. The van der Waals surface area contributed by atoms with Gasteiger partial charge in [-0.1, -0.05) is 0 Å². The molecule has 0 aliphatic rings. The minimum Gasteiger partial charge on any atom is -0.394 e. The molecule has 0 aliphatic heterocycles. The molecule has 2 rings (SSSR count). The second-order valence-electron chi connectivity index (χ2n) is 4.45. The summed E-state index contributed by atoms with van der Waals surface area (Å²) in [5.74, 6) is 0. The Bertz CT molecular complexity index is 716. The van der Waals surface area contributed by atoms with Crippen LogP contribution in [0.5, 0.6) is 0 Å². The SMILES string of the molecule is Cc1nn(CCO)c(C)c1S(=O)(=O)Nc1cnn(C)c1. The quantitative estimate of drug-likeness (QED) is 0.810. The highest BCUT2D eigenvalue weighted by Gasteiger charge is 2.24. The highest BCUT2D eigenvalue weighted by molar-refractivity contribution is 7.92. The van der Waals surface area contributed by atoms with Gasteiger partial charge in [-0.05, 0) is 13.8 Å². The first-order chi connectivity index (χ1) is 9.35. The van der Waals surface area contributed by atoms with Crippen molar-refractivity contribution in [2.45, 2.75) is 25.3 Å². The molecule has 0 saturated carbocycles. The van der Waals surface area contributed by atoms with Gasteiger partial charge in [0.05, 0.1) is 36.4 Å². The summed E-state index contributed by atoms with van der Waals surface area (Å²) in [4.78, 5) is 0.134. The van der Waals surface area contributed by atoms with Crippen molar-refractivity contribution in [3.8, 4) is 0 Å². The van der Waals surface area contributed by atoms with Crippen LogP contribution in [0.4, 0.5) is 5.69 Å². The molecule has 0 aromatic carbocycles. The summed E-state index contributed by atoms with van der Waals surface area (Å²) in [7, 11) is -2.03. The fourth-order valence-electron chi connectivity index (χ4n) is 2.06. The Kier molecular flexibility index (Phi) is 3.82. The Hall–Kier alpha value is -1.87. The fourth-order valence-corrected chi connectivity index (χ4v) is 3.50. The van der Waals surface area contributed by atoms with Crippen molar-refractivity contribution in [1.82, 2.24) is 19.6 Å². The molecular formula is C11H17N5O3S. The zero-order valence-electron chi connectivity index (χ0n) is 11.5. The van der Waals surface area contributed by atoms with E-state index in [9.17, 15) is 8.42 Å².